The molecule has 0 saturated heterocycles. The van der Waals surface area contributed by atoms with Gasteiger partial charge in [0.15, 0.2) is 0 Å². The molecule has 0 N–H and O–H groups in total. The van der Waals surface area contributed by atoms with E-state index in [2.05, 4.69) is 12.1 Å². The molecule has 0 unspecified atom stereocenters. The lowest BCUT2D eigenvalue weighted by Crippen LogP contribution is -2.04. The highest BCUT2D eigenvalue weighted by molar-refractivity contribution is 5.23. The fourth-order valence-corrected chi connectivity index (χ4v) is 2.37. The smallest absolute Gasteiger partial charge is 0.147 e. The molecule has 0 aliphatic carbocycles. The molecule has 2 aromatic rings. The van der Waals surface area contributed by atoms with Crippen LogP contribution in [0.4, 0.5) is 0 Å². The van der Waals surface area contributed by atoms with Gasteiger partial charge in [0.2, 0.25) is 0 Å². The van der Waals surface area contributed by atoms with Crippen molar-refractivity contribution in [2.45, 2.75) is 26.4 Å². The number of hydrogen-bond donors (Lipinski definition) is 0. The Bertz CT molecular complexity index is 501. The van der Waals surface area contributed by atoms with E-state index in [1.807, 2.05) is 36.4 Å². The summed E-state index contributed by atoms with van der Waals surface area (Å²) in [6, 6.07) is 16.3. The molecule has 0 amide bonds. The summed E-state index contributed by atoms with van der Waals surface area (Å²) < 4.78 is 22.2. The van der Waals surface area contributed by atoms with Crippen LogP contribution in [0.2, 0.25) is 0 Å². The van der Waals surface area contributed by atoms with Gasteiger partial charge in [-0.05, 0) is 22.3 Å². The highest BCUT2D eigenvalue weighted by Gasteiger charge is 2.01. The number of rotatable bonds is 0. The summed E-state index contributed by atoms with van der Waals surface area (Å²) in [6.45, 7) is 2.69. The van der Waals surface area contributed by atoms with Crippen molar-refractivity contribution >= 4 is 0 Å². The van der Waals surface area contributed by atoms with Crippen LogP contribution >= 0.6 is 0 Å². The number of benzene rings is 2. The maximum atomic E-state index is 5.56. The van der Waals surface area contributed by atoms with Gasteiger partial charge < -0.3 is 18.9 Å². The van der Waals surface area contributed by atoms with Crippen LogP contribution in [0.1, 0.15) is 22.3 Å². The maximum absolute atomic E-state index is 5.56. The molecule has 116 valence electrons. The Morgan fingerprint density at radius 1 is 0.500 bits per heavy atom. The van der Waals surface area contributed by atoms with E-state index in [9.17, 15) is 0 Å². The van der Waals surface area contributed by atoms with Gasteiger partial charge in [0.05, 0.1) is 26.4 Å². The molecule has 1 aliphatic rings. The first-order chi connectivity index (χ1) is 10.9. The van der Waals surface area contributed by atoms with Crippen molar-refractivity contribution in [3.8, 4) is 0 Å². The molecule has 1 heterocycles. The molecular weight excluding hydrogens is 280 g/mol. The van der Waals surface area contributed by atoms with Gasteiger partial charge in [0, 0.05) is 0 Å². The molecule has 4 nitrogen and oxygen atoms in total. The van der Waals surface area contributed by atoms with Crippen molar-refractivity contribution in [1.29, 1.82) is 0 Å². The van der Waals surface area contributed by atoms with Crippen LogP contribution in [-0.4, -0.2) is 13.6 Å². The van der Waals surface area contributed by atoms with Gasteiger partial charge in [-0.25, -0.2) is 0 Å². The van der Waals surface area contributed by atoms with Crippen LogP contribution in [0.3, 0.4) is 0 Å². The Hall–Kier alpha value is -1.72. The molecule has 0 saturated carbocycles. The molecule has 0 radical (unpaired) electrons. The van der Waals surface area contributed by atoms with Crippen molar-refractivity contribution < 1.29 is 18.9 Å². The quantitative estimate of drug-likeness (QED) is 0.747. The predicted molar refractivity (Wildman–Crippen MR) is 81.8 cm³/mol. The summed E-state index contributed by atoms with van der Waals surface area (Å²) in [4.78, 5) is 0. The van der Waals surface area contributed by atoms with Crippen LogP contribution in [-0.2, 0) is 45.4 Å². The van der Waals surface area contributed by atoms with Gasteiger partial charge in [-0.3, -0.25) is 0 Å². The van der Waals surface area contributed by atoms with Crippen LogP contribution in [0, 0.1) is 0 Å². The molecule has 0 fully saturated rings. The summed E-state index contributed by atoms with van der Waals surface area (Å²) in [6.07, 6.45) is 0. The number of hydrogen-bond acceptors (Lipinski definition) is 4. The fraction of sp³-hybridized carbons (Fsp3) is 0.333. The summed E-state index contributed by atoms with van der Waals surface area (Å²) in [5.74, 6) is 0. The standard InChI is InChI=1S/C18H20O4/c1-3-15-7-16(4-1)10-20-14-22-12-18-6-2-5-17(8-18)11-21-13-19-9-15/h1-8H,9-14H2. The largest absolute Gasteiger partial charge is 0.351 e. The Balaban J connectivity index is 1.65. The molecule has 3 rings (SSSR count). The lowest BCUT2D eigenvalue weighted by Gasteiger charge is -2.11. The van der Waals surface area contributed by atoms with E-state index in [4.69, 9.17) is 18.9 Å². The Kier molecular flexibility index (Phi) is 5.56. The molecular formula is C18H20O4. The molecule has 2 aromatic carbocycles. The zero-order valence-electron chi connectivity index (χ0n) is 12.5. The van der Waals surface area contributed by atoms with Crippen LogP contribution < -0.4 is 0 Å². The molecule has 4 bridgehead atoms. The van der Waals surface area contributed by atoms with Crippen molar-refractivity contribution in [2.75, 3.05) is 13.6 Å². The first kappa shape index (κ1) is 15.2. The third-order valence-electron chi connectivity index (χ3n) is 3.39. The van der Waals surface area contributed by atoms with Crippen molar-refractivity contribution in [3.05, 3.63) is 70.8 Å². The van der Waals surface area contributed by atoms with Crippen molar-refractivity contribution in [2.24, 2.45) is 0 Å². The Labute approximate surface area is 130 Å². The van der Waals surface area contributed by atoms with E-state index in [1.165, 1.54) is 0 Å². The molecule has 4 heteroatoms. The molecule has 1 aliphatic heterocycles. The SMILES string of the molecule is c1cc2cc(c1)COCOCc1cccc(c1)COCOC2. The summed E-state index contributed by atoms with van der Waals surface area (Å²) in [5, 5.41) is 0. The summed E-state index contributed by atoms with van der Waals surface area (Å²) >= 11 is 0. The number of ether oxygens (including phenoxy) is 4. The van der Waals surface area contributed by atoms with Crippen LogP contribution in [0.25, 0.3) is 0 Å². The second-order valence-corrected chi connectivity index (χ2v) is 5.27. The van der Waals surface area contributed by atoms with Gasteiger partial charge in [0.25, 0.3) is 0 Å². The van der Waals surface area contributed by atoms with E-state index >= 15 is 0 Å². The van der Waals surface area contributed by atoms with Gasteiger partial charge in [0.1, 0.15) is 13.6 Å². The average molecular weight is 300 g/mol. The summed E-state index contributed by atoms with van der Waals surface area (Å²) in [7, 11) is 0. The van der Waals surface area contributed by atoms with E-state index in [1.54, 1.807) is 0 Å². The van der Waals surface area contributed by atoms with Crippen LogP contribution in [0.15, 0.2) is 48.5 Å². The van der Waals surface area contributed by atoms with E-state index in [0.29, 0.717) is 26.4 Å². The average Bonchev–Trinajstić information content (AvgIpc) is 2.54. The van der Waals surface area contributed by atoms with E-state index in [-0.39, 0.29) is 13.6 Å². The topological polar surface area (TPSA) is 36.9 Å². The zero-order chi connectivity index (χ0) is 15.0. The minimum absolute atomic E-state index is 0.279. The third kappa shape index (κ3) is 4.64. The highest BCUT2D eigenvalue weighted by atomic mass is 16.7. The maximum Gasteiger partial charge on any atom is 0.147 e. The monoisotopic (exact) mass is 300 g/mol. The minimum atomic E-state index is 0.279. The highest BCUT2D eigenvalue weighted by Crippen LogP contribution is 2.11. The van der Waals surface area contributed by atoms with E-state index in [0.717, 1.165) is 22.3 Å². The minimum Gasteiger partial charge on any atom is -0.351 e. The zero-order valence-corrected chi connectivity index (χ0v) is 12.5. The van der Waals surface area contributed by atoms with Gasteiger partial charge >= 0.3 is 0 Å². The lowest BCUT2D eigenvalue weighted by molar-refractivity contribution is -0.0716. The lowest BCUT2D eigenvalue weighted by atomic mass is 10.1. The second kappa shape index (κ2) is 8.06. The molecule has 0 aromatic heterocycles. The number of fused-ring (bicyclic) bond motifs is 4. The van der Waals surface area contributed by atoms with Crippen LogP contribution in [0.5, 0.6) is 0 Å². The Morgan fingerprint density at radius 2 is 0.818 bits per heavy atom. The van der Waals surface area contributed by atoms with Crippen molar-refractivity contribution in [1.82, 2.24) is 0 Å². The fourth-order valence-electron chi connectivity index (χ4n) is 2.37. The van der Waals surface area contributed by atoms with E-state index < -0.39 is 0 Å². The Morgan fingerprint density at radius 3 is 1.14 bits per heavy atom. The van der Waals surface area contributed by atoms with Gasteiger partial charge in [-0.15, -0.1) is 0 Å². The van der Waals surface area contributed by atoms with Gasteiger partial charge in [-0.1, -0.05) is 48.5 Å². The van der Waals surface area contributed by atoms with Crippen molar-refractivity contribution in [3.63, 3.8) is 0 Å². The second-order valence-electron chi connectivity index (χ2n) is 5.27. The predicted octanol–water partition coefficient (Wildman–Crippen LogP) is 3.38. The molecule has 0 spiro atoms. The first-order valence-corrected chi connectivity index (χ1v) is 7.37. The normalized spacial score (nSPS) is 17.1. The molecule has 22 heavy (non-hydrogen) atoms. The van der Waals surface area contributed by atoms with Gasteiger partial charge in [-0.2, -0.15) is 0 Å². The first-order valence-electron chi connectivity index (χ1n) is 7.37. The molecule has 0 atom stereocenters. The summed E-state index contributed by atoms with van der Waals surface area (Å²) in [5.41, 5.74) is 4.44. The third-order valence-corrected chi connectivity index (χ3v) is 3.39.